The molecule has 1 N–H and O–H groups in total. The van der Waals surface area contributed by atoms with Gasteiger partial charge in [-0.2, -0.15) is 0 Å². The van der Waals surface area contributed by atoms with Gasteiger partial charge in [-0.15, -0.1) is 0 Å². The first-order valence-electron chi connectivity index (χ1n) is 6.14. The van der Waals surface area contributed by atoms with Crippen LogP contribution in [0.25, 0.3) is 0 Å². The number of nitro groups is 1. The van der Waals surface area contributed by atoms with Gasteiger partial charge in [-0.3, -0.25) is 25.0 Å². The van der Waals surface area contributed by atoms with Gasteiger partial charge in [0.25, 0.3) is 5.91 Å². The Kier molecular flexibility index (Phi) is 5.15. The molecular formula is C13H11N3O5S. The molecule has 0 saturated carbocycles. The number of hydrogen-bond donors (Lipinski definition) is 1. The maximum absolute atomic E-state index is 11.6. The van der Waals surface area contributed by atoms with Crippen LogP contribution in [0.1, 0.15) is 5.56 Å². The van der Waals surface area contributed by atoms with Crippen molar-refractivity contribution in [2.45, 2.75) is 6.42 Å². The minimum atomic E-state index is -0.606. The average Bonchev–Trinajstić information content (AvgIpc) is 2.95. The molecule has 0 spiro atoms. The van der Waals surface area contributed by atoms with Crippen molar-refractivity contribution in [3.05, 3.63) is 52.2 Å². The fourth-order valence-electron chi connectivity index (χ4n) is 1.52. The number of nitrogens with one attached hydrogen (secondary N) is 1. The summed E-state index contributed by atoms with van der Waals surface area (Å²) in [6.45, 7) is -0.473. The summed E-state index contributed by atoms with van der Waals surface area (Å²) in [6.07, 6.45) is 1.11. The van der Waals surface area contributed by atoms with Crippen LogP contribution in [0.3, 0.4) is 0 Å². The lowest BCUT2D eigenvalue weighted by Gasteiger charge is -2.04. The smallest absolute Gasteiger partial charge is 0.345 e. The van der Waals surface area contributed by atoms with Crippen molar-refractivity contribution in [2.24, 2.45) is 0 Å². The van der Waals surface area contributed by atoms with Crippen LogP contribution in [0, 0.1) is 10.1 Å². The zero-order valence-corrected chi connectivity index (χ0v) is 12.0. The predicted molar refractivity (Wildman–Crippen MR) is 78.5 cm³/mol. The Bertz CT molecular complexity index is 686. The molecule has 0 aliphatic rings. The number of aromatic nitrogens is 1. The molecule has 1 aromatic heterocycles. The first-order chi connectivity index (χ1) is 10.5. The molecule has 114 valence electrons. The van der Waals surface area contributed by atoms with Gasteiger partial charge in [0, 0.05) is 0 Å². The molecule has 8 nitrogen and oxygen atoms in total. The molecule has 1 amide bonds. The topological polar surface area (TPSA) is 111 Å². The molecule has 0 atom stereocenters. The largest absolute Gasteiger partial charge is 0.455 e. The molecule has 0 fully saturated rings. The highest BCUT2D eigenvalue weighted by molar-refractivity contribution is 7.18. The summed E-state index contributed by atoms with van der Waals surface area (Å²) in [5.74, 6) is -1.14. The van der Waals surface area contributed by atoms with Crippen LogP contribution in [-0.4, -0.2) is 28.4 Å². The number of ether oxygens (including phenoxy) is 1. The SMILES string of the molecule is O=C(COC(=O)Cc1ccccc1)Nc1ncc([N+](=O)[O-])s1. The number of anilines is 1. The summed E-state index contributed by atoms with van der Waals surface area (Å²) < 4.78 is 4.83. The lowest BCUT2D eigenvalue weighted by molar-refractivity contribution is -0.380. The zero-order valence-electron chi connectivity index (χ0n) is 11.2. The minimum absolute atomic E-state index is 0.0663. The summed E-state index contributed by atoms with van der Waals surface area (Å²) in [5.41, 5.74) is 0.781. The number of carbonyl (C=O) groups is 2. The average molecular weight is 321 g/mol. The summed E-state index contributed by atoms with van der Waals surface area (Å²) in [5, 5.41) is 12.7. The van der Waals surface area contributed by atoms with Crippen LogP contribution >= 0.6 is 11.3 Å². The number of nitrogens with zero attached hydrogens (tertiary/aromatic N) is 2. The standard InChI is InChI=1S/C13H11N3O5S/c17-10(15-13-14-7-11(22-13)16(19)20)8-21-12(18)6-9-4-2-1-3-5-9/h1-5,7H,6,8H2,(H,14,15,17). The van der Waals surface area contributed by atoms with E-state index < -0.39 is 23.4 Å². The van der Waals surface area contributed by atoms with Crippen molar-refractivity contribution < 1.29 is 19.2 Å². The number of esters is 1. The van der Waals surface area contributed by atoms with Crippen LogP contribution < -0.4 is 5.32 Å². The molecule has 22 heavy (non-hydrogen) atoms. The Morgan fingerprint density at radius 3 is 2.68 bits per heavy atom. The maximum Gasteiger partial charge on any atom is 0.345 e. The summed E-state index contributed by atoms with van der Waals surface area (Å²) in [6, 6.07) is 8.97. The van der Waals surface area contributed by atoms with Gasteiger partial charge in [-0.25, -0.2) is 4.98 Å². The van der Waals surface area contributed by atoms with Gasteiger partial charge in [0.1, 0.15) is 6.20 Å². The number of amides is 1. The van der Waals surface area contributed by atoms with E-state index >= 15 is 0 Å². The quantitative estimate of drug-likeness (QED) is 0.493. The van der Waals surface area contributed by atoms with Crippen molar-refractivity contribution in [3.63, 3.8) is 0 Å². The molecule has 0 saturated heterocycles. The van der Waals surface area contributed by atoms with Gasteiger partial charge < -0.3 is 4.74 Å². The van der Waals surface area contributed by atoms with Gasteiger partial charge in [-0.05, 0) is 16.9 Å². The predicted octanol–water partition coefficient (Wildman–Crippen LogP) is 1.78. The third-order valence-corrected chi connectivity index (χ3v) is 3.34. The second kappa shape index (κ2) is 7.27. The molecule has 0 unspecified atom stereocenters. The van der Waals surface area contributed by atoms with E-state index in [1.807, 2.05) is 6.07 Å². The minimum Gasteiger partial charge on any atom is -0.455 e. The summed E-state index contributed by atoms with van der Waals surface area (Å²) in [4.78, 5) is 36.7. The lowest BCUT2D eigenvalue weighted by atomic mass is 10.2. The Hall–Kier alpha value is -2.81. The number of thiazole rings is 1. The summed E-state index contributed by atoms with van der Waals surface area (Å²) >= 11 is 0.724. The van der Waals surface area contributed by atoms with Crippen molar-refractivity contribution >= 4 is 33.3 Å². The first-order valence-corrected chi connectivity index (χ1v) is 6.96. The van der Waals surface area contributed by atoms with Crippen LogP contribution in [0.15, 0.2) is 36.5 Å². The molecule has 0 aliphatic heterocycles. The third-order valence-electron chi connectivity index (χ3n) is 2.48. The molecule has 1 heterocycles. The zero-order chi connectivity index (χ0) is 15.9. The number of rotatable bonds is 6. The molecule has 0 radical (unpaired) electrons. The van der Waals surface area contributed by atoms with Gasteiger partial charge >= 0.3 is 11.0 Å². The Labute approximate surface area is 128 Å². The van der Waals surface area contributed by atoms with Gasteiger partial charge in [0.05, 0.1) is 11.3 Å². The van der Waals surface area contributed by atoms with E-state index in [1.165, 1.54) is 0 Å². The molecule has 0 aliphatic carbocycles. The number of hydrogen-bond acceptors (Lipinski definition) is 7. The Balaban J connectivity index is 1.77. The van der Waals surface area contributed by atoms with Gasteiger partial charge in [0.15, 0.2) is 11.7 Å². The van der Waals surface area contributed by atoms with Crippen molar-refractivity contribution in [3.8, 4) is 0 Å². The van der Waals surface area contributed by atoms with Gasteiger partial charge in [0.2, 0.25) is 0 Å². The molecule has 1 aromatic carbocycles. The highest BCUT2D eigenvalue weighted by Crippen LogP contribution is 2.24. The molecule has 0 bridgehead atoms. The number of carbonyl (C=O) groups excluding carboxylic acids is 2. The second-order valence-electron chi connectivity index (χ2n) is 4.13. The normalized spacial score (nSPS) is 10.0. The van der Waals surface area contributed by atoms with Crippen molar-refractivity contribution in [1.82, 2.24) is 4.98 Å². The summed E-state index contributed by atoms with van der Waals surface area (Å²) in [7, 11) is 0. The van der Waals surface area contributed by atoms with Crippen molar-refractivity contribution in [2.75, 3.05) is 11.9 Å². The lowest BCUT2D eigenvalue weighted by Crippen LogP contribution is -2.21. The monoisotopic (exact) mass is 321 g/mol. The van der Waals surface area contributed by atoms with E-state index in [4.69, 9.17) is 4.74 Å². The van der Waals surface area contributed by atoms with E-state index in [1.54, 1.807) is 24.3 Å². The van der Waals surface area contributed by atoms with Crippen molar-refractivity contribution in [1.29, 1.82) is 0 Å². The third kappa shape index (κ3) is 4.63. The van der Waals surface area contributed by atoms with E-state index in [2.05, 4.69) is 10.3 Å². The van der Waals surface area contributed by atoms with E-state index in [-0.39, 0.29) is 16.6 Å². The van der Waals surface area contributed by atoms with Gasteiger partial charge in [-0.1, -0.05) is 30.3 Å². The first kappa shape index (κ1) is 15.6. The van der Waals surface area contributed by atoms with E-state index in [0.717, 1.165) is 23.1 Å². The molecule has 2 aromatic rings. The Morgan fingerprint density at radius 2 is 2.05 bits per heavy atom. The van der Waals surface area contributed by atoms with Crippen LogP contribution in [0.2, 0.25) is 0 Å². The van der Waals surface area contributed by atoms with E-state index in [9.17, 15) is 19.7 Å². The number of benzene rings is 1. The highest BCUT2D eigenvalue weighted by Gasteiger charge is 2.14. The second-order valence-corrected chi connectivity index (χ2v) is 5.14. The van der Waals surface area contributed by atoms with Crippen LogP contribution in [0.5, 0.6) is 0 Å². The fraction of sp³-hybridized carbons (Fsp3) is 0.154. The maximum atomic E-state index is 11.6. The molecule has 9 heteroatoms. The van der Waals surface area contributed by atoms with E-state index in [0.29, 0.717) is 0 Å². The van der Waals surface area contributed by atoms with Crippen LogP contribution in [-0.2, 0) is 20.7 Å². The molecule has 2 rings (SSSR count). The van der Waals surface area contributed by atoms with Crippen LogP contribution in [0.4, 0.5) is 10.1 Å². The fourth-order valence-corrected chi connectivity index (χ4v) is 2.17. The highest BCUT2D eigenvalue weighted by atomic mass is 32.1. The molecular weight excluding hydrogens is 310 g/mol. The Morgan fingerprint density at radius 1 is 1.32 bits per heavy atom.